The van der Waals surface area contributed by atoms with E-state index in [1.165, 1.54) is 0 Å². The van der Waals surface area contributed by atoms with E-state index in [-0.39, 0.29) is 35.9 Å². The first kappa shape index (κ1) is 24.5. The molecule has 1 aromatic heterocycles. The van der Waals surface area contributed by atoms with E-state index in [9.17, 15) is 9.59 Å². The molecule has 3 fully saturated rings. The quantitative estimate of drug-likeness (QED) is 0.553. The minimum Gasteiger partial charge on any atom is -0.474 e. The fourth-order valence-electron chi connectivity index (χ4n) is 5.50. The predicted molar refractivity (Wildman–Crippen MR) is 135 cm³/mol. The number of hydrogen-bond donors (Lipinski definition) is 0. The molecule has 10 heteroatoms. The lowest BCUT2D eigenvalue weighted by Crippen LogP contribution is -2.56. The largest absolute Gasteiger partial charge is 0.474 e. The van der Waals surface area contributed by atoms with E-state index in [2.05, 4.69) is 4.98 Å². The van der Waals surface area contributed by atoms with Crippen LogP contribution in [0.3, 0.4) is 0 Å². The summed E-state index contributed by atoms with van der Waals surface area (Å²) in [4.78, 5) is 35.6. The number of aromatic nitrogens is 1. The molecule has 3 amide bonds. The molecule has 3 saturated heterocycles. The Hall–Kier alpha value is -2.22. The Morgan fingerprint density at radius 3 is 2.63 bits per heavy atom. The van der Waals surface area contributed by atoms with Gasteiger partial charge >= 0.3 is 6.03 Å². The summed E-state index contributed by atoms with van der Waals surface area (Å²) in [6, 6.07) is 9.26. The first-order chi connectivity index (χ1) is 16.8. The topological polar surface area (TPSA) is 66.0 Å². The Kier molecular flexibility index (Phi) is 7.02. The van der Waals surface area contributed by atoms with Crippen LogP contribution in [0.1, 0.15) is 31.2 Å². The van der Waals surface area contributed by atoms with Gasteiger partial charge < -0.3 is 19.4 Å². The Balaban J connectivity index is 1.35. The highest BCUT2D eigenvalue weighted by atomic mass is 35.5. The summed E-state index contributed by atoms with van der Waals surface area (Å²) in [5, 5.41) is 1.53. The highest BCUT2D eigenvalue weighted by Crippen LogP contribution is 2.39. The van der Waals surface area contributed by atoms with Gasteiger partial charge in [-0.25, -0.2) is 9.78 Å². The normalized spacial score (nSPS) is 25.1. The summed E-state index contributed by atoms with van der Waals surface area (Å²) in [6.07, 6.45) is 2.73. The Labute approximate surface area is 219 Å². The van der Waals surface area contributed by atoms with Gasteiger partial charge in [-0.05, 0) is 37.1 Å². The number of hydrogen-bond acceptors (Lipinski definition) is 4. The molecule has 0 radical (unpaired) electrons. The van der Waals surface area contributed by atoms with Crippen molar-refractivity contribution in [3.63, 3.8) is 0 Å². The number of piperazine rings is 1. The van der Waals surface area contributed by atoms with Gasteiger partial charge in [0.1, 0.15) is 6.10 Å². The number of amides is 3. The molecule has 35 heavy (non-hydrogen) atoms. The molecule has 0 saturated carbocycles. The van der Waals surface area contributed by atoms with E-state index >= 15 is 0 Å². The van der Waals surface area contributed by atoms with Crippen LogP contribution in [0.15, 0.2) is 36.5 Å². The zero-order valence-corrected chi connectivity index (χ0v) is 21.6. The van der Waals surface area contributed by atoms with Crippen LogP contribution in [-0.2, 0) is 4.79 Å². The maximum Gasteiger partial charge on any atom is 0.320 e. The van der Waals surface area contributed by atoms with Crippen LogP contribution in [0.4, 0.5) is 4.79 Å². The highest BCUT2D eigenvalue weighted by Gasteiger charge is 2.43. The second kappa shape index (κ2) is 10.0. The summed E-state index contributed by atoms with van der Waals surface area (Å²) in [5.41, 5.74) is 1.02. The molecule has 4 atom stereocenters. The molecule has 2 aromatic rings. The van der Waals surface area contributed by atoms with Gasteiger partial charge in [0, 0.05) is 69.3 Å². The van der Waals surface area contributed by atoms with E-state index in [1.54, 1.807) is 24.4 Å². The van der Waals surface area contributed by atoms with Gasteiger partial charge in [0.15, 0.2) is 0 Å². The number of urea groups is 1. The molecule has 1 aromatic carbocycles. The SMILES string of the molecule is CC(Oc1ccc(Cl)cn1)C1CN(C(=O)N2CCN3C(=O)CCC3C2)CC1c1ccc(Cl)c(Cl)c1. The van der Waals surface area contributed by atoms with Crippen molar-refractivity contribution < 1.29 is 14.3 Å². The number of halogens is 3. The van der Waals surface area contributed by atoms with E-state index in [0.717, 1.165) is 12.0 Å². The fourth-order valence-corrected chi connectivity index (χ4v) is 5.92. The van der Waals surface area contributed by atoms with Crippen molar-refractivity contribution in [1.29, 1.82) is 0 Å². The van der Waals surface area contributed by atoms with Gasteiger partial charge in [-0.2, -0.15) is 0 Å². The van der Waals surface area contributed by atoms with Gasteiger partial charge in [-0.15, -0.1) is 0 Å². The summed E-state index contributed by atoms with van der Waals surface area (Å²) in [6.45, 7) is 4.84. The van der Waals surface area contributed by atoms with E-state index in [1.807, 2.05) is 33.8 Å². The van der Waals surface area contributed by atoms with Crippen molar-refractivity contribution in [2.75, 3.05) is 32.7 Å². The first-order valence-electron chi connectivity index (χ1n) is 11.9. The zero-order chi connectivity index (χ0) is 24.7. The Morgan fingerprint density at radius 2 is 1.89 bits per heavy atom. The molecule has 5 rings (SSSR count). The van der Waals surface area contributed by atoms with Crippen LogP contribution >= 0.6 is 34.8 Å². The van der Waals surface area contributed by atoms with Crippen molar-refractivity contribution in [3.8, 4) is 5.88 Å². The van der Waals surface area contributed by atoms with Crippen LogP contribution in [0.2, 0.25) is 15.1 Å². The predicted octanol–water partition coefficient (Wildman–Crippen LogP) is 4.95. The second-order valence-corrected chi connectivity index (χ2v) is 10.7. The second-order valence-electron chi connectivity index (χ2n) is 9.49. The zero-order valence-electron chi connectivity index (χ0n) is 19.4. The van der Waals surface area contributed by atoms with Crippen molar-refractivity contribution >= 4 is 46.7 Å². The molecule has 186 valence electrons. The van der Waals surface area contributed by atoms with Gasteiger partial charge in [-0.3, -0.25) is 4.79 Å². The monoisotopic (exact) mass is 536 g/mol. The molecular formula is C25H27Cl3N4O3. The van der Waals surface area contributed by atoms with Gasteiger partial charge in [0.25, 0.3) is 0 Å². The molecule has 7 nitrogen and oxygen atoms in total. The van der Waals surface area contributed by atoms with Crippen LogP contribution in [0, 0.1) is 5.92 Å². The minimum atomic E-state index is -0.217. The van der Waals surface area contributed by atoms with Crippen LogP contribution < -0.4 is 4.74 Å². The third-order valence-corrected chi connectivity index (χ3v) is 8.34. The van der Waals surface area contributed by atoms with Crippen molar-refractivity contribution in [3.05, 3.63) is 57.2 Å². The number of rotatable bonds is 4. The van der Waals surface area contributed by atoms with Crippen molar-refractivity contribution in [2.24, 2.45) is 5.92 Å². The standard InChI is InChI=1S/C25H27Cl3N4O3/c1-15(35-23-6-3-17(26)11-29-23)19-13-31(14-20(19)16-2-5-21(27)22(28)10-16)25(34)30-8-9-32-18(12-30)4-7-24(32)33/h2-3,5-6,10-11,15,18-20H,4,7-9,12-14H2,1H3. The number of benzene rings is 1. The Bertz CT molecular complexity index is 1120. The third-order valence-electron chi connectivity index (χ3n) is 7.38. The minimum absolute atomic E-state index is 0.00776. The van der Waals surface area contributed by atoms with Crippen molar-refractivity contribution in [1.82, 2.24) is 19.7 Å². The average molecular weight is 538 g/mol. The highest BCUT2D eigenvalue weighted by molar-refractivity contribution is 6.42. The molecule has 4 heterocycles. The molecule has 3 aliphatic rings. The summed E-state index contributed by atoms with van der Waals surface area (Å²) < 4.78 is 6.18. The van der Waals surface area contributed by atoms with E-state index < -0.39 is 0 Å². The van der Waals surface area contributed by atoms with Crippen LogP contribution in [0.5, 0.6) is 5.88 Å². The average Bonchev–Trinajstić information content (AvgIpc) is 3.46. The number of fused-ring (bicyclic) bond motifs is 1. The molecule has 0 spiro atoms. The van der Waals surface area contributed by atoms with E-state index in [4.69, 9.17) is 39.5 Å². The molecule has 0 N–H and O–H groups in total. The van der Waals surface area contributed by atoms with E-state index in [0.29, 0.717) is 60.1 Å². The van der Waals surface area contributed by atoms with Crippen LogP contribution in [0.25, 0.3) is 0 Å². The molecule has 4 unspecified atom stereocenters. The smallest absolute Gasteiger partial charge is 0.320 e. The fraction of sp³-hybridized carbons (Fsp3) is 0.480. The molecule has 3 aliphatic heterocycles. The maximum atomic E-state index is 13.6. The molecule has 0 aliphatic carbocycles. The van der Waals surface area contributed by atoms with Gasteiger partial charge in [0.05, 0.1) is 15.1 Å². The summed E-state index contributed by atoms with van der Waals surface area (Å²) in [7, 11) is 0. The summed E-state index contributed by atoms with van der Waals surface area (Å²) in [5.74, 6) is 0.722. The number of ether oxygens (including phenoxy) is 1. The third kappa shape index (κ3) is 5.04. The maximum absolute atomic E-state index is 13.6. The number of pyridine rings is 1. The lowest BCUT2D eigenvalue weighted by Gasteiger charge is -2.39. The van der Waals surface area contributed by atoms with Crippen molar-refractivity contribution in [2.45, 2.75) is 37.8 Å². The molecule has 0 bridgehead atoms. The number of likely N-dealkylation sites (tertiary alicyclic amines) is 1. The van der Waals surface area contributed by atoms with Gasteiger partial charge in [-0.1, -0.05) is 40.9 Å². The van der Waals surface area contributed by atoms with Crippen LogP contribution in [-0.4, -0.2) is 76.5 Å². The lowest BCUT2D eigenvalue weighted by atomic mass is 9.86. The lowest BCUT2D eigenvalue weighted by molar-refractivity contribution is -0.130. The number of carbonyl (C=O) groups is 2. The van der Waals surface area contributed by atoms with Gasteiger partial charge in [0.2, 0.25) is 11.8 Å². The Morgan fingerprint density at radius 1 is 1.06 bits per heavy atom. The summed E-state index contributed by atoms with van der Waals surface area (Å²) >= 11 is 18.5. The number of carbonyl (C=O) groups excluding carboxylic acids is 2. The first-order valence-corrected chi connectivity index (χ1v) is 13.0. The molecular weight excluding hydrogens is 511 g/mol. The number of nitrogens with zero attached hydrogens (tertiary/aromatic N) is 4.